The third-order valence-electron chi connectivity index (χ3n) is 2.50. The standard InChI is InChI=1S/C11H12N2O/c14-9-12-10-3-5-11(6-4-10)13-7-1-2-8-13/h3-6H,1-2,7-8H2. The molecule has 0 unspecified atom stereocenters. The second-order valence-corrected chi connectivity index (χ2v) is 3.41. The van der Waals surface area contributed by atoms with E-state index in [-0.39, 0.29) is 0 Å². The molecule has 1 heterocycles. The highest BCUT2D eigenvalue weighted by atomic mass is 16.1. The van der Waals surface area contributed by atoms with Crippen LogP contribution in [0.25, 0.3) is 0 Å². The van der Waals surface area contributed by atoms with Gasteiger partial charge in [-0.15, -0.1) is 0 Å². The Morgan fingerprint density at radius 3 is 2.36 bits per heavy atom. The zero-order chi connectivity index (χ0) is 9.80. The monoisotopic (exact) mass is 188 g/mol. The van der Waals surface area contributed by atoms with Gasteiger partial charge in [0, 0.05) is 18.8 Å². The highest BCUT2D eigenvalue weighted by Crippen LogP contribution is 2.22. The third-order valence-corrected chi connectivity index (χ3v) is 2.50. The van der Waals surface area contributed by atoms with Gasteiger partial charge < -0.3 is 4.90 Å². The largest absolute Gasteiger partial charge is 0.372 e. The van der Waals surface area contributed by atoms with E-state index >= 15 is 0 Å². The first kappa shape index (κ1) is 8.97. The van der Waals surface area contributed by atoms with Crippen LogP contribution in [0.4, 0.5) is 11.4 Å². The summed E-state index contributed by atoms with van der Waals surface area (Å²) in [5.74, 6) is 0. The molecule has 14 heavy (non-hydrogen) atoms. The van der Waals surface area contributed by atoms with Crippen molar-refractivity contribution in [2.24, 2.45) is 4.99 Å². The maximum atomic E-state index is 10.0. The van der Waals surface area contributed by atoms with E-state index in [0.29, 0.717) is 5.69 Å². The van der Waals surface area contributed by atoms with Crippen molar-refractivity contribution in [1.82, 2.24) is 0 Å². The molecule has 0 saturated carbocycles. The second kappa shape index (κ2) is 4.07. The summed E-state index contributed by atoms with van der Waals surface area (Å²) in [4.78, 5) is 15.9. The Bertz CT molecular complexity index is 346. The van der Waals surface area contributed by atoms with E-state index in [1.165, 1.54) is 24.6 Å². The maximum absolute atomic E-state index is 10.0. The van der Waals surface area contributed by atoms with Crippen molar-refractivity contribution >= 4 is 17.5 Å². The fourth-order valence-electron chi connectivity index (χ4n) is 1.77. The van der Waals surface area contributed by atoms with Gasteiger partial charge in [-0.05, 0) is 37.1 Å². The molecule has 72 valence electrons. The molecule has 1 aliphatic rings. The molecule has 0 atom stereocenters. The molecular formula is C11H12N2O. The molecular weight excluding hydrogens is 176 g/mol. The van der Waals surface area contributed by atoms with Crippen LogP contribution in [0.1, 0.15) is 12.8 Å². The average molecular weight is 188 g/mol. The van der Waals surface area contributed by atoms with Crippen molar-refractivity contribution in [3.05, 3.63) is 24.3 Å². The first-order chi connectivity index (χ1) is 6.90. The summed E-state index contributed by atoms with van der Waals surface area (Å²) in [5.41, 5.74) is 1.88. The molecule has 2 rings (SSSR count). The normalized spacial score (nSPS) is 15.3. The molecule has 0 amide bonds. The number of hydrogen-bond acceptors (Lipinski definition) is 3. The molecule has 0 aliphatic carbocycles. The smallest absolute Gasteiger partial charge is 0.240 e. The van der Waals surface area contributed by atoms with Crippen molar-refractivity contribution in [1.29, 1.82) is 0 Å². The van der Waals surface area contributed by atoms with Gasteiger partial charge in [0.25, 0.3) is 0 Å². The fraction of sp³-hybridized carbons (Fsp3) is 0.364. The van der Waals surface area contributed by atoms with E-state index in [9.17, 15) is 4.79 Å². The van der Waals surface area contributed by atoms with Gasteiger partial charge in [-0.1, -0.05) is 0 Å². The Hall–Kier alpha value is -1.60. The van der Waals surface area contributed by atoms with Gasteiger partial charge in [-0.3, -0.25) is 0 Å². The van der Waals surface area contributed by atoms with Crippen LogP contribution in [-0.2, 0) is 4.79 Å². The van der Waals surface area contributed by atoms with Crippen LogP contribution in [0.3, 0.4) is 0 Å². The van der Waals surface area contributed by atoms with Crippen molar-refractivity contribution in [3.8, 4) is 0 Å². The Labute approximate surface area is 83.1 Å². The number of hydrogen-bond donors (Lipinski definition) is 0. The van der Waals surface area contributed by atoms with Crippen molar-refractivity contribution in [3.63, 3.8) is 0 Å². The third kappa shape index (κ3) is 1.83. The molecule has 1 fully saturated rings. The van der Waals surface area contributed by atoms with E-state index in [2.05, 4.69) is 9.89 Å². The molecule has 3 heteroatoms. The van der Waals surface area contributed by atoms with Gasteiger partial charge in [0.05, 0.1) is 5.69 Å². The van der Waals surface area contributed by atoms with Gasteiger partial charge >= 0.3 is 0 Å². The van der Waals surface area contributed by atoms with Crippen LogP contribution in [0, 0.1) is 0 Å². The average Bonchev–Trinajstić information content (AvgIpc) is 2.72. The number of rotatable bonds is 2. The lowest BCUT2D eigenvalue weighted by atomic mass is 10.2. The predicted octanol–water partition coefficient (Wildman–Crippen LogP) is 2.25. The van der Waals surface area contributed by atoms with Crippen LogP contribution in [-0.4, -0.2) is 19.2 Å². The molecule has 1 aliphatic heterocycles. The highest BCUT2D eigenvalue weighted by Gasteiger charge is 2.11. The van der Waals surface area contributed by atoms with Crippen molar-refractivity contribution in [2.45, 2.75) is 12.8 Å². The van der Waals surface area contributed by atoms with Crippen molar-refractivity contribution < 1.29 is 4.79 Å². The highest BCUT2D eigenvalue weighted by molar-refractivity contribution is 5.56. The van der Waals surface area contributed by atoms with E-state index in [1.807, 2.05) is 24.3 Å². The Morgan fingerprint density at radius 1 is 1.14 bits per heavy atom. The zero-order valence-electron chi connectivity index (χ0n) is 7.94. The molecule has 3 nitrogen and oxygen atoms in total. The molecule has 1 aromatic carbocycles. The fourth-order valence-corrected chi connectivity index (χ4v) is 1.77. The van der Waals surface area contributed by atoms with E-state index in [0.717, 1.165) is 13.1 Å². The molecule has 0 aromatic heterocycles. The topological polar surface area (TPSA) is 32.7 Å². The van der Waals surface area contributed by atoms with Gasteiger partial charge in [0.2, 0.25) is 6.08 Å². The lowest BCUT2D eigenvalue weighted by Crippen LogP contribution is -2.17. The van der Waals surface area contributed by atoms with Crippen LogP contribution in [0.2, 0.25) is 0 Å². The molecule has 0 radical (unpaired) electrons. The van der Waals surface area contributed by atoms with Gasteiger partial charge in [0.15, 0.2) is 0 Å². The van der Waals surface area contributed by atoms with Crippen LogP contribution >= 0.6 is 0 Å². The summed E-state index contributed by atoms with van der Waals surface area (Å²) >= 11 is 0. The molecule has 1 aromatic rings. The SMILES string of the molecule is O=C=Nc1ccc(N2CCCC2)cc1. The summed E-state index contributed by atoms with van der Waals surface area (Å²) < 4.78 is 0. The lowest BCUT2D eigenvalue weighted by Gasteiger charge is -2.16. The molecule has 0 N–H and O–H groups in total. The Morgan fingerprint density at radius 2 is 1.79 bits per heavy atom. The lowest BCUT2D eigenvalue weighted by molar-refractivity contribution is 0.565. The van der Waals surface area contributed by atoms with Crippen LogP contribution < -0.4 is 4.90 Å². The molecule has 0 spiro atoms. The second-order valence-electron chi connectivity index (χ2n) is 3.41. The predicted molar refractivity (Wildman–Crippen MR) is 55.7 cm³/mol. The first-order valence-corrected chi connectivity index (χ1v) is 4.83. The Balaban J connectivity index is 2.16. The van der Waals surface area contributed by atoms with Gasteiger partial charge in [-0.25, -0.2) is 4.79 Å². The van der Waals surface area contributed by atoms with Crippen LogP contribution in [0.15, 0.2) is 29.3 Å². The minimum Gasteiger partial charge on any atom is -0.372 e. The molecule has 1 saturated heterocycles. The van der Waals surface area contributed by atoms with E-state index in [1.54, 1.807) is 0 Å². The minimum atomic E-state index is 0.669. The summed E-state index contributed by atoms with van der Waals surface area (Å²) in [6.45, 7) is 2.27. The van der Waals surface area contributed by atoms with E-state index < -0.39 is 0 Å². The summed E-state index contributed by atoms with van der Waals surface area (Å²) in [7, 11) is 0. The van der Waals surface area contributed by atoms with E-state index in [4.69, 9.17) is 0 Å². The quantitative estimate of drug-likeness (QED) is 0.526. The van der Waals surface area contributed by atoms with Crippen LogP contribution in [0.5, 0.6) is 0 Å². The number of isocyanates is 1. The zero-order valence-corrected chi connectivity index (χ0v) is 7.94. The number of aliphatic imine (C=N–C) groups is 1. The molecule has 0 bridgehead atoms. The Kier molecular flexibility index (Phi) is 2.61. The summed E-state index contributed by atoms with van der Waals surface area (Å²) in [5, 5.41) is 0. The number of anilines is 1. The van der Waals surface area contributed by atoms with Gasteiger partial charge in [-0.2, -0.15) is 4.99 Å². The first-order valence-electron chi connectivity index (χ1n) is 4.83. The number of nitrogens with zero attached hydrogens (tertiary/aromatic N) is 2. The number of carbonyl (C=O) groups excluding carboxylic acids is 1. The van der Waals surface area contributed by atoms with Gasteiger partial charge in [0.1, 0.15) is 0 Å². The summed E-state index contributed by atoms with van der Waals surface area (Å²) in [6, 6.07) is 7.69. The minimum absolute atomic E-state index is 0.669. The summed E-state index contributed by atoms with van der Waals surface area (Å²) in [6.07, 6.45) is 4.08. The number of benzene rings is 1. The maximum Gasteiger partial charge on any atom is 0.240 e. The van der Waals surface area contributed by atoms with Crippen molar-refractivity contribution in [2.75, 3.05) is 18.0 Å².